The van der Waals surface area contributed by atoms with Crippen LogP contribution in [-0.2, 0) is 14.8 Å². The summed E-state index contributed by atoms with van der Waals surface area (Å²) in [6.45, 7) is 1.14. The number of benzene rings is 1. The van der Waals surface area contributed by atoms with Crippen molar-refractivity contribution in [3.63, 3.8) is 0 Å². The molecule has 0 aliphatic carbocycles. The van der Waals surface area contributed by atoms with E-state index < -0.39 is 10.0 Å². The zero-order valence-electron chi connectivity index (χ0n) is 13.6. The quantitative estimate of drug-likeness (QED) is 0.813. The summed E-state index contributed by atoms with van der Waals surface area (Å²) in [7, 11) is -3.45. The third kappa shape index (κ3) is 4.53. The van der Waals surface area contributed by atoms with Gasteiger partial charge in [-0.25, -0.2) is 13.4 Å². The van der Waals surface area contributed by atoms with Crippen LogP contribution in [0.5, 0.6) is 0 Å². The van der Waals surface area contributed by atoms with Crippen LogP contribution < -0.4 is 5.32 Å². The molecule has 1 aliphatic rings. The van der Waals surface area contributed by atoms with Crippen molar-refractivity contribution in [2.24, 2.45) is 0 Å². The van der Waals surface area contributed by atoms with Crippen molar-refractivity contribution in [2.45, 2.75) is 24.2 Å². The van der Waals surface area contributed by atoms with Gasteiger partial charge in [-0.3, -0.25) is 4.79 Å². The zero-order valence-corrected chi connectivity index (χ0v) is 15.2. The van der Waals surface area contributed by atoms with E-state index in [4.69, 9.17) is 0 Å². The van der Waals surface area contributed by atoms with E-state index in [2.05, 4.69) is 10.3 Å². The lowest BCUT2D eigenvalue weighted by atomic mass is 10.2. The second-order valence-corrected chi connectivity index (χ2v) is 8.38. The molecule has 132 valence electrons. The highest BCUT2D eigenvalue weighted by atomic mass is 32.2. The van der Waals surface area contributed by atoms with Crippen LogP contribution in [0, 0.1) is 0 Å². The summed E-state index contributed by atoms with van der Waals surface area (Å²) in [5.41, 5.74) is 2.97. The molecule has 0 unspecified atom stereocenters. The summed E-state index contributed by atoms with van der Waals surface area (Å²) >= 11 is 1.46. The van der Waals surface area contributed by atoms with Crippen LogP contribution in [0.25, 0.3) is 6.08 Å². The molecule has 8 heteroatoms. The molecule has 1 amide bonds. The van der Waals surface area contributed by atoms with Gasteiger partial charge in [-0.05, 0) is 43.2 Å². The van der Waals surface area contributed by atoms with Crippen molar-refractivity contribution >= 4 is 39.0 Å². The van der Waals surface area contributed by atoms with E-state index in [0.717, 1.165) is 25.0 Å². The highest BCUT2D eigenvalue weighted by Crippen LogP contribution is 2.22. The van der Waals surface area contributed by atoms with Crippen LogP contribution in [0.4, 0.5) is 5.69 Å². The van der Waals surface area contributed by atoms with Crippen molar-refractivity contribution in [2.75, 3.05) is 18.4 Å². The van der Waals surface area contributed by atoms with Crippen LogP contribution >= 0.6 is 11.3 Å². The summed E-state index contributed by atoms with van der Waals surface area (Å²) in [5.74, 6) is -0.292. The second kappa shape index (κ2) is 7.90. The van der Waals surface area contributed by atoms with Crippen LogP contribution in [0.15, 0.2) is 46.1 Å². The van der Waals surface area contributed by atoms with E-state index in [1.165, 1.54) is 33.9 Å². The van der Waals surface area contributed by atoms with Crippen LogP contribution in [0.1, 0.15) is 25.0 Å². The summed E-state index contributed by atoms with van der Waals surface area (Å²) in [6, 6.07) is 6.27. The number of hydrogen-bond acceptors (Lipinski definition) is 5. The monoisotopic (exact) mass is 377 g/mol. The molecule has 2 heterocycles. The number of aromatic nitrogens is 1. The topological polar surface area (TPSA) is 79.4 Å². The summed E-state index contributed by atoms with van der Waals surface area (Å²) in [6.07, 6.45) is 5.90. The number of rotatable bonds is 5. The first-order chi connectivity index (χ1) is 12.1. The molecular formula is C17H19N3O3S2. The maximum Gasteiger partial charge on any atom is 0.248 e. The molecule has 0 bridgehead atoms. The Bertz CT molecular complexity index is 838. The highest BCUT2D eigenvalue weighted by Gasteiger charge is 2.25. The summed E-state index contributed by atoms with van der Waals surface area (Å²) in [5, 5.41) is 4.54. The fraction of sp³-hybridized carbons (Fsp3) is 0.294. The molecule has 1 fully saturated rings. The number of anilines is 1. The molecule has 1 aromatic carbocycles. The number of hydrogen-bond donors (Lipinski definition) is 1. The highest BCUT2D eigenvalue weighted by molar-refractivity contribution is 7.89. The molecule has 1 N–H and O–H groups in total. The van der Waals surface area contributed by atoms with Gasteiger partial charge in [0.1, 0.15) is 0 Å². The predicted molar refractivity (Wildman–Crippen MR) is 98.8 cm³/mol. The fourth-order valence-electron chi connectivity index (χ4n) is 2.61. The van der Waals surface area contributed by atoms with Gasteiger partial charge in [-0.2, -0.15) is 4.31 Å². The van der Waals surface area contributed by atoms with E-state index in [9.17, 15) is 13.2 Å². The first-order valence-corrected chi connectivity index (χ1v) is 10.4. The largest absolute Gasteiger partial charge is 0.323 e. The number of thiazole rings is 1. The minimum Gasteiger partial charge on any atom is -0.323 e. The molecule has 0 saturated carbocycles. The average molecular weight is 377 g/mol. The van der Waals surface area contributed by atoms with Gasteiger partial charge >= 0.3 is 0 Å². The van der Waals surface area contributed by atoms with Gasteiger partial charge in [0, 0.05) is 30.2 Å². The molecule has 3 rings (SSSR count). The number of amides is 1. The molecule has 1 aliphatic heterocycles. The zero-order chi connectivity index (χ0) is 17.7. The Kier molecular flexibility index (Phi) is 5.62. The number of carbonyl (C=O) groups is 1. The number of nitrogens with one attached hydrogen (secondary N) is 1. The molecule has 2 aromatic rings. The second-order valence-electron chi connectivity index (χ2n) is 5.73. The van der Waals surface area contributed by atoms with E-state index in [1.54, 1.807) is 23.7 Å². The van der Waals surface area contributed by atoms with Crippen LogP contribution in [0.2, 0.25) is 0 Å². The van der Waals surface area contributed by atoms with E-state index in [1.807, 2.05) is 5.38 Å². The predicted octanol–water partition coefficient (Wildman–Crippen LogP) is 2.97. The van der Waals surface area contributed by atoms with Gasteiger partial charge in [-0.15, -0.1) is 11.3 Å². The molecule has 0 radical (unpaired) electrons. The fourth-order valence-corrected chi connectivity index (χ4v) is 4.65. The number of nitrogens with zero attached hydrogens (tertiary/aromatic N) is 2. The number of carbonyl (C=O) groups excluding carboxylic acids is 1. The molecule has 6 nitrogen and oxygen atoms in total. The average Bonchev–Trinajstić information content (AvgIpc) is 3.15. The Hall–Kier alpha value is -2.03. The third-order valence-electron chi connectivity index (χ3n) is 3.93. The minimum absolute atomic E-state index is 0.255. The molecular weight excluding hydrogens is 358 g/mol. The first-order valence-electron chi connectivity index (χ1n) is 8.03. The molecule has 0 atom stereocenters. The summed E-state index contributed by atoms with van der Waals surface area (Å²) in [4.78, 5) is 16.2. The third-order valence-corrected chi connectivity index (χ3v) is 6.45. The molecule has 1 aromatic heterocycles. The Morgan fingerprint density at radius 2 is 1.88 bits per heavy atom. The lowest BCUT2D eigenvalue weighted by Gasteiger charge is -2.25. The minimum atomic E-state index is -3.45. The van der Waals surface area contributed by atoms with Gasteiger partial charge in [0.05, 0.1) is 16.1 Å². The van der Waals surface area contributed by atoms with Crippen LogP contribution in [0.3, 0.4) is 0 Å². The van der Waals surface area contributed by atoms with Gasteiger partial charge in [0.25, 0.3) is 0 Å². The van der Waals surface area contributed by atoms with Gasteiger partial charge in [0.15, 0.2) is 0 Å². The van der Waals surface area contributed by atoms with E-state index in [-0.39, 0.29) is 10.8 Å². The van der Waals surface area contributed by atoms with Gasteiger partial charge in [0.2, 0.25) is 15.9 Å². The normalized spacial score (nSPS) is 16.2. The van der Waals surface area contributed by atoms with Crippen molar-refractivity contribution in [3.05, 3.63) is 46.9 Å². The molecule has 1 saturated heterocycles. The van der Waals surface area contributed by atoms with E-state index >= 15 is 0 Å². The standard InChI is InChI=1S/C17H19N3O3S2/c21-17(9-6-15-12-24-13-18-15)19-14-4-7-16(8-5-14)25(22,23)20-10-2-1-3-11-20/h4-9,12-13H,1-3,10-11H2,(H,19,21)/b9-6-. The number of piperidine rings is 1. The van der Waals surface area contributed by atoms with Crippen LogP contribution in [-0.4, -0.2) is 36.7 Å². The maximum absolute atomic E-state index is 12.6. The lowest BCUT2D eigenvalue weighted by Crippen LogP contribution is -2.35. The Labute approximate surface area is 151 Å². The van der Waals surface area contributed by atoms with Crippen molar-refractivity contribution in [1.82, 2.24) is 9.29 Å². The van der Waals surface area contributed by atoms with E-state index in [0.29, 0.717) is 18.8 Å². The summed E-state index contributed by atoms with van der Waals surface area (Å²) < 4.78 is 26.7. The van der Waals surface area contributed by atoms with Gasteiger partial charge < -0.3 is 5.32 Å². The van der Waals surface area contributed by atoms with Crippen molar-refractivity contribution in [1.29, 1.82) is 0 Å². The SMILES string of the molecule is O=C(/C=C\c1cscn1)Nc1ccc(S(=O)(=O)N2CCCCC2)cc1. The molecule has 25 heavy (non-hydrogen) atoms. The van der Waals surface area contributed by atoms with Crippen molar-refractivity contribution in [3.8, 4) is 0 Å². The first kappa shape index (κ1) is 17.8. The number of sulfonamides is 1. The maximum atomic E-state index is 12.6. The molecule has 0 spiro atoms. The Balaban J connectivity index is 1.64. The Morgan fingerprint density at radius 3 is 2.52 bits per heavy atom. The van der Waals surface area contributed by atoms with Crippen molar-refractivity contribution < 1.29 is 13.2 Å². The Morgan fingerprint density at radius 1 is 1.16 bits per heavy atom. The van der Waals surface area contributed by atoms with Gasteiger partial charge in [-0.1, -0.05) is 6.42 Å². The smallest absolute Gasteiger partial charge is 0.248 e. The lowest BCUT2D eigenvalue weighted by molar-refractivity contribution is -0.111.